The van der Waals surface area contributed by atoms with E-state index in [-0.39, 0.29) is 0 Å². The maximum absolute atomic E-state index is 5.61. The quantitative estimate of drug-likeness (QED) is 0.767. The second-order valence-electron chi connectivity index (χ2n) is 4.32. The number of benzene rings is 1. The Balaban J connectivity index is 1.73. The van der Waals surface area contributed by atoms with Gasteiger partial charge < -0.3 is 14.2 Å². The number of rotatable bonds is 5. The number of morpholine rings is 1. The van der Waals surface area contributed by atoms with Crippen LogP contribution in [0.2, 0.25) is 0 Å². The summed E-state index contributed by atoms with van der Waals surface area (Å²) in [5.41, 5.74) is 0.915. The van der Waals surface area contributed by atoms with Crippen molar-refractivity contribution in [1.82, 2.24) is 4.90 Å². The Hall–Kier alpha value is -1.17. The summed E-state index contributed by atoms with van der Waals surface area (Å²) >= 11 is 5.26. The maximum atomic E-state index is 5.61. The van der Waals surface area contributed by atoms with Crippen molar-refractivity contribution in [3.8, 4) is 5.75 Å². The van der Waals surface area contributed by atoms with Crippen LogP contribution in [0.15, 0.2) is 24.3 Å². The van der Waals surface area contributed by atoms with Gasteiger partial charge in [-0.25, -0.2) is 0 Å². The highest BCUT2D eigenvalue weighted by Gasteiger charge is 2.10. The summed E-state index contributed by atoms with van der Waals surface area (Å²) in [4.78, 5) is 2.32. The van der Waals surface area contributed by atoms with Crippen LogP contribution in [0.4, 0.5) is 0 Å². The van der Waals surface area contributed by atoms with Gasteiger partial charge in [0.2, 0.25) is 0 Å². The highest BCUT2D eigenvalue weighted by molar-refractivity contribution is 7.80. The molecule has 1 aliphatic rings. The Morgan fingerprint density at radius 2 is 1.95 bits per heavy atom. The van der Waals surface area contributed by atoms with Gasteiger partial charge in [-0.3, -0.25) is 4.90 Å². The smallest absolute Gasteiger partial charge is 0.191 e. The Morgan fingerprint density at radius 3 is 2.58 bits per heavy atom. The van der Waals surface area contributed by atoms with Crippen LogP contribution in [-0.4, -0.2) is 56.5 Å². The molecule has 1 aromatic carbocycles. The molecule has 1 fully saturated rings. The molecule has 0 aliphatic carbocycles. The van der Waals surface area contributed by atoms with Gasteiger partial charge in [0.15, 0.2) is 5.05 Å². The van der Waals surface area contributed by atoms with Crippen LogP contribution in [0.5, 0.6) is 5.75 Å². The Kier molecular flexibility index (Phi) is 5.57. The number of thiocarbonyl (C=S) groups is 1. The van der Waals surface area contributed by atoms with E-state index in [1.165, 1.54) is 0 Å². The Labute approximate surface area is 119 Å². The normalized spacial score (nSPS) is 16.1. The molecule has 1 aliphatic heterocycles. The third kappa shape index (κ3) is 4.45. The van der Waals surface area contributed by atoms with Crippen molar-refractivity contribution in [2.24, 2.45) is 0 Å². The molecule has 5 heteroatoms. The summed E-state index contributed by atoms with van der Waals surface area (Å²) in [6, 6.07) is 7.59. The van der Waals surface area contributed by atoms with Gasteiger partial charge in [0.25, 0.3) is 0 Å². The number of hydrogen-bond acceptors (Lipinski definition) is 5. The van der Waals surface area contributed by atoms with Crippen molar-refractivity contribution < 1.29 is 14.2 Å². The Morgan fingerprint density at radius 1 is 1.26 bits per heavy atom. The number of nitrogens with zero attached hydrogens (tertiary/aromatic N) is 1. The van der Waals surface area contributed by atoms with Crippen LogP contribution >= 0.6 is 12.2 Å². The molecule has 1 aromatic rings. The zero-order valence-electron chi connectivity index (χ0n) is 11.1. The van der Waals surface area contributed by atoms with Gasteiger partial charge in [-0.1, -0.05) is 0 Å². The van der Waals surface area contributed by atoms with Crippen LogP contribution in [0.25, 0.3) is 0 Å². The lowest BCUT2D eigenvalue weighted by molar-refractivity contribution is 0.0318. The predicted molar refractivity (Wildman–Crippen MR) is 77.9 cm³/mol. The minimum Gasteiger partial charge on any atom is -0.497 e. The van der Waals surface area contributed by atoms with E-state index in [9.17, 15) is 0 Å². The average molecular weight is 281 g/mol. The third-order valence-corrected chi connectivity index (χ3v) is 3.42. The van der Waals surface area contributed by atoms with Crippen molar-refractivity contribution in [2.45, 2.75) is 0 Å². The lowest BCUT2D eigenvalue weighted by Gasteiger charge is -2.26. The largest absolute Gasteiger partial charge is 0.497 e. The number of hydrogen-bond donors (Lipinski definition) is 0. The summed E-state index contributed by atoms with van der Waals surface area (Å²) in [5, 5.41) is 0.538. The van der Waals surface area contributed by atoms with Gasteiger partial charge in [-0.2, -0.15) is 0 Å². The van der Waals surface area contributed by atoms with Crippen molar-refractivity contribution >= 4 is 17.3 Å². The molecule has 0 amide bonds. The predicted octanol–water partition coefficient (Wildman–Crippen LogP) is 1.72. The highest BCUT2D eigenvalue weighted by Crippen LogP contribution is 2.12. The van der Waals surface area contributed by atoms with E-state index >= 15 is 0 Å². The standard InChI is InChI=1S/C14H19NO3S/c1-16-13-4-2-12(3-5-13)14(19)18-11-8-15-6-9-17-10-7-15/h2-5H,6-11H2,1H3. The minimum absolute atomic E-state index is 0.538. The molecule has 0 aromatic heterocycles. The number of methoxy groups -OCH3 is 1. The van der Waals surface area contributed by atoms with Crippen molar-refractivity contribution in [1.29, 1.82) is 0 Å². The van der Waals surface area contributed by atoms with Gasteiger partial charge in [-0.05, 0) is 36.5 Å². The summed E-state index contributed by atoms with van der Waals surface area (Å²) in [5.74, 6) is 0.819. The molecule has 1 heterocycles. The fourth-order valence-electron chi connectivity index (χ4n) is 1.90. The molecule has 0 saturated carbocycles. The first-order chi connectivity index (χ1) is 9.29. The van der Waals surface area contributed by atoms with Gasteiger partial charge in [0, 0.05) is 25.2 Å². The summed E-state index contributed by atoms with van der Waals surface area (Å²) in [6.07, 6.45) is 0. The van der Waals surface area contributed by atoms with E-state index in [1.807, 2.05) is 24.3 Å². The van der Waals surface area contributed by atoms with Crippen molar-refractivity contribution in [3.63, 3.8) is 0 Å². The number of ether oxygens (including phenoxy) is 3. The monoisotopic (exact) mass is 281 g/mol. The van der Waals surface area contributed by atoms with E-state index in [4.69, 9.17) is 26.4 Å². The van der Waals surface area contributed by atoms with E-state index < -0.39 is 0 Å². The molecule has 4 nitrogen and oxygen atoms in total. The van der Waals surface area contributed by atoms with E-state index in [0.29, 0.717) is 11.7 Å². The minimum atomic E-state index is 0.538. The molecule has 0 atom stereocenters. The second-order valence-corrected chi connectivity index (χ2v) is 4.69. The first kappa shape index (κ1) is 14.2. The van der Waals surface area contributed by atoms with Crippen LogP contribution in [0.1, 0.15) is 5.56 Å². The average Bonchev–Trinajstić information content (AvgIpc) is 2.48. The van der Waals surface area contributed by atoms with Gasteiger partial charge >= 0.3 is 0 Å². The molecule has 19 heavy (non-hydrogen) atoms. The first-order valence-electron chi connectivity index (χ1n) is 6.41. The van der Waals surface area contributed by atoms with E-state index in [0.717, 1.165) is 44.2 Å². The van der Waals surface area contributed by atoms with E-state index in [2.05, 4.69) is 4.90 Å². The summed E-state index contributed by atoms with van der Waals surface area (Å²) < 4.78 is 16.0. The zero-order chi connectivity index (χ0) is 13.5. The van der Waals surface area contributed by atoms with Crippen molar-refractivity contribution in [3.05, 3.63) is 29.8 Å². The molecule has 0 spiro atoms. The van der Waals surface area contributed by atoms with E-state index in [1.54, 1.807) is 7.11 Å². The SMILES string of the molecule is COc1ccc(C(=S)OCCN2CCOCC2)cc1. The molecule has 2 rings (SSSR count). The molecule has 1 saturated heterocycles. The second kappa shape index (κ2) is 7.43. The highest BCUT2D eigenvalue weighted by atomic mass is 32.1. The van der Waals surface area contributed by atoms with Crippen LogP contribution in [0, 0.1) is 0 Å². The molecule has 0 bridgehead atoms. The van der Waals surface area contributed by atoms with Crippen LogP contribution in [-0.2, 0) is 9.47 Å². The zero-order valence-corrected chi connectivity index (χ0v) is 11.9. The first-order valence-corrected chi connectivity index (χ1v) is 6.81. The van der Waals surface area contributed by atoms with Crippen LogP contribution in [0.3, 0.4) is 0 Å². The maximum Gasteiger partial charge on any atom is 0.191 e. The van der Waals surface area contributed by atoms with Crippen molar-refractivity contribution in [2.75, 3.05) is 46.6 Å². The molecule has 0 N–H and O–H groups in total. The molecule has 104 valence electrons. The van der Waals surface area contributed by atoms with Gasteiger partial charge in [-0.15, -0.1) is 0 Å². The summed E-state index contributed by atoms with van der Waals surface area (Å²) in [7, 11) is 1.65. The molecule has 0 radical (unpaired) electrons. The Bertz CT molecular complexity index is 402. The molecular weight excluding hydrogens is 262 g/mol. The third-order valence-electron chi connectivity index (χ3n) is 3.07. The summed E-state index contributed by atoms with van der Waals surface area (Å²) in [6.45, 7) is 5.06. The lowest BCUT2D eigenvalue weighted by Crippen LogP contribution is -2.38. The topological polar surface area (TPSA) is 30.9 Å². The molecular formula is C14H19NO3S. The molecule has 0 unspecified atom stereocenters. The van der Waals surface area contributed by atoms with Crippen LogP contribution < -0.4 is 4.74 Å². The fourth-order valence-corrected chi connectivity index (χ4v) is 2.12. The fraction of sp³-hybridized carbons (Fsp3) is 0.500. The van der Waals surface area contributed by atoms with Gasteiger partial charge in [0.05, 0.1) is 20.3 Å². The lowest BCUT2D eigenvalue weighted by atomic mass is 10.2. The van der Waals surface area contributed by atoms with Gasteiger partial charge in [0.1, 0.15) is 12.4 Å².